The number of amides is 1. The van der Waals surface area contributed by atoms with Crippen LogP contribution in [0.15, 0.2) is 42.6 Å². The number of rotatable bonds is 10. The number of benzene rings is 1. The molecule has 2 fully saturated rings. The van der Waals surface area contributed by atoms with Gasteiger partial charge in [-0.05, 0) is 74.8 Å². The molecule has 4 rings (SSSR count). The number of aryl methyl sites for hydroxylation is 1. The van der Waals surface area contributed by atoms with E-state index in [0.29, 0.717) is 24.5 Å². The second kappa shape index (κ2) is 13.4. The molecule has 7 nitrogen and oxygen atoms in total. The van der Waals surface area contributed by atoms with Gasteiger partial charge in [-0.3, -0.25) is 14.6 Å². The lowest BCUT2D eigenvalue weighted by atomic mass is 9.89. The van der Waals surface area contributed by atoms with Gasteiger partial charge in [-0.15, -0.1) is 0 Å². The Hall–Kier alpha value is -2.77. The number of hydrogen-bond acceptors (Lipinski definition) is 6. The van der Waals surface area contributed by atoms with Crippen LogP contribution in [0.4, 0.5) is 0 Å². The minimum absolute atomic E-state index is 0.0320. The molecule has 0 radical (unpaired) electrons. The van der Waals surface area contributed by atoms with Crippen LogP contribution in [-0.4, -0.2) is 36.3 Å². The zero-order chi connectivity index (χ0) is 24.3. The van der Waals surface area contributed by atoms with Crippen LogP contribution >= 0.6 is 0 Å². The average molecular weight is 481 g/mol. The molecule has 1 atom stereocenters. The Morgan fingerprint density at radius 2 is 1.89 bits per heavy atom. The number of nitrogens with one attached hydrogen (secondary N) is 1. The van der Waals surface area contributed by atoms with E-state index in [9.17, 15) is 9.59 Å². The van der Waals surface area contributed by atoms with Crippen LogP contribution in [-0.2, 0) is 27.3 Å². The Bertz CT molecular complexity index is 950. The smallest absolute Gasteiger partial charge is 0.314 e. The van der Waals surface area contributed by atoms with Crippen molar-refractivity contribution in [3.8, 4) is 5.75 Å². The second-order valence-electron chi connectivity index (χ2n) is 9.41. The first kappa shape index (κ1) is 25.3. The van der Waals surface area contributed by atoms with Gasteiger partial charge in [0.25, 0.3) is 5.91 Å². The van der Waals surface area contributed by atoms with Crippen molar-refractivity contribution in [1.29, 1.82) is 0 Å². The average Bonchev–Trinajstić information content (AvgIpc) is 2.91. The molecule has 2 aliphatic rings. The number of carbonyl (C=O) groups is 2. The maximum Gasteiger partial charge on any atom is 0.314 e. The lowest BCUT2D eigenvalue weighted by Gasteiger charge is -2.22. The highest BCUT2D eigenvalue weighted by Crippen LogP contribution is 2.26. The summed E-state index contributed by atoms with van der Waals surface area (Å²) in [5.41, 5.74) is 2.39. The van der Waals surface area contributed by atoms with E-state index in [1.54, 1.807) is 12.3 Å². The molecule has 1 N–H and O–H groups in total. The van der Waals surface area contributed by atoms with E-state index in [4.69, 9.17) is 14.2 Å². The molecule has 1 saturated carbocycles. The summed E-state index contributed by atoms with van der Waals surface area (Å²) < 4.78 is 16.9. The summed E-state index contributed by atoms with van der Waals surface area (Å²) in [7, 11) is 0. The summed E-state index contributed by atoms with van der Waals surface area (Å²) in [6, 6.07) is 11.3. The van der Waals surface area contributed by atoms with E-state index in [2.05, 4.69) is 10.3 Å². The van der Waals surface area contributed by atoms with Gasteiger partial charge >= 0.3 is 5.97 Å². The number of nitrogens with zero attached hydrogens (tertiary/aromatic N) is 1. The van der Waals surface area contributed by atoms with E-state index in [1.165, 1.54) is 6.42 Å². The van der Waals surface area contributed by atoms with Crippen molar-refractivity contribution < 1.29 is 23.8 Å². The van der Waals surface area contributed by atoms with E-state index in [0.717, 1.165) is 75.7 Å². The van der Waals surface area contributed by atoms with Gasteiger partial charge in [0, 0.05) is 19.3 Å². The SMILES string of the molecule is O=C(NCCCc1cccc(OC(=O)C2CCCCC2)c1)c1ccc(COC2CCCCO2)nc1. The van der Waals surface area contributed by atoms with Crippen molar-refractivity contribution >= 4 is 11.9 Å². The monoisotopic (exact) mass is 480 g/mol. The number of carbonyl (C=O) groups excluding carboxylic acids is 2. The van der Waals surface area contributed by atoms with Crippen LogP contribution in [0.25, 0.3) is 0 Å². The van der Waals surface area contributed by atoms with E-state index in [-0.39, 0.29) is 24.1 Å². The summed E-state index contributed by atoms with van der Waals surface area (Å²) in [5, 5.41) is 2.95. The molecule has 1 aromatic heterocycles. The molecule has 35 heavy (non-hydrogen) atoms. The van der Waals surface area contributed by atoms with Gasteiger partial charge in [-0.25, -0.2) is 0 Å². The normalized spacial score (nSPS) is 18.7. The highest BCUT2D eigenvalue weighted by molar-refractivity contribution is 5.93. The largest absolute Gasteiger partial charge is 0.426 e. The lowest BCUT2D eigenvalue weighted by Crippen LogP contribution is -2.25. The molecule has 0 bridgehead atoms. The summed E-state index contributed by atoms with van der Waals surface area (Å²) in [6.07, 6.45) is 11.4. The van der Waals surface area contributed by atoms with Crippen LogP contribution in [0.1, 0.15) is 79.4 Å². The highest BCUT2D eigenvalue weighted by Gasteiger charge is 2.23. The van der Waals surface area contributed by atoms with Crippen molar-refractivity contribution in [2.24, 2.45) is 5.92 Å². The number of ether oxygens (including phenoxy) is 3. The minimum Gasteiger partial charge on any atom is -0.426 e. The fourth-order valence-electron chi connectivity index (χ4n) is 4.56. The molecule has 1 saturated heterocycles. The number of hydrogen-bond donors (Lipinski definition) is 1. The first-order chi connectivity index (χ1) is 17.2. The van der Waals surface area contributed by atoms with Crippen LogP contribution in [0.5, 0.6) is 5.75 Å². The van der Waals surface area contributed by atoms with Gasteiger partial charge in [-0.2, -0.15) is 0 Å². The molecular formula is C28H36N2O5. The summed E-state index contributed by atoms with van der Waals surface area (Å²) >= 11 is 0. The van der Waals surface area contributed by atoms with Gasteiger partial charge < -0.3 is 19.5 Å². The van der Waals surface area contributed by atoms with Crippen molar-refractivity contribution in [3.63, 3.8) is 0 Å². The predicted molar refractivity (Wildman–Crippen MR) is 132 cm³/mol. The maximum atomic E-state index is 12.4. The van der Waals surface area contributed by atoms with Crippen LogP contribution in [0.3, 0.4) is 0 Å². The fourth-order valence-corrected chi connectivity index (χ4v) is 4.56. The summed E-state index contributed by atoms with van der Waals surface area (Å²) in [6.45, 7) is 1.67. The molecule has 1 unspecified atom stereocenters. The van der Waals surface area contributed by atoms with Crippen LogP contribution < -0.4 is 10.1 Å². The fraction of sp³-hybridized carbons (Fsp3) is 0.536. The van der Waals surface area contributed by atoms with E-state index >= 15 is 0 Å². The van der Waals surface area contributed by atoms with Gasteiger partial charge in [0.2, 0.25) is 0 Å². The van der Waals surface area contributed by atoms with E-state index < -0.39 is 0 Å². The van der Waals surface area contributed by atoms with Gasteiger partial charge in [0.15, 0.2) is 6.29 Å². The second-order valence-corrected chi connectivity index (χ2v) is 9.41. The standard InChI is InChI=1S/C28H36N2O5/c31-27(23-14-15-24(30-19-23)20-34-26-13-4-5-17-33-26)29-16-7-9-21-8-6-12-25(18-21)35-28(32)22-10-2-1-3-11-22/h6,8,12,14-15,18-19,22,26H,1-5,7,9-11,13,16-17,20H2,(H,29,31). The third-order valence-electron chi connectivity index (χ3n) is 6.63. The first-order valence-electron chi connectivity index (χ1n) is 12.9. The van der Waals surface area contributed by atoms with Crippen LogP contribution in [0, 0.1) is 5.92 Å². The van der Waals surface area contributed by atoms with Crippen molar-refractivity contribution in [2.75, 3.05) is 13.2 Å². The summed E-state index contributed by atoms with van der Waals surface area (Å²) in [4.78, 5) is 29.2. The molecule has 1 aliphatic heterocycles. The maximum absolute atomic E-state index is 12.4. The number of aromatic nitrogens is 1. The van der Waals surface area contributed by atoms with Gasteiger partial charge in [0.1, 0.15) is 5.75 Å². The Balaban J connectivity index is 1.16. The third kappa shape index (κ3) is 8.15. The zero-order valence-electron chi connectivity index (χ0n) is 20.4. The number of pyridine rings is 1. The molecule has 7 heteroatoms. The molecule has 2 aromatic rings. The minimum atomic E-state index is -0.154. The predicted octanol–water partition coefficient (Wildman–Crippen LogP) is 4.97. The van der Waals surface area contributed by atoms with Crippen LogP contribution in [0.2, 0.25) is 0 Å². The highest BCUT2D eigenvalue weighted by atomic mass is 16.7. The molecule has 2 heterocycles. The quantitative estimate of drug-likeness (QED) is 0.293. The molecular weight excluding hydrogens is 444 g/mol. The molecule has 1 amide bonds. The zero-order valence-corrected chi connectivity index (χ0v) is 20.4. The molecule has 188 valence electrons. The lowest BCUT2D eigenvalue weighted by molar-refractivity contribution is -0.169. The Morgan fingerprint density at radius 3 is 2.66 bits per heavy atom. The molecule has 0 spiro atoms. The molecule has 1 aromatic carbocycles. The molecule has 1 aliphatic carbocycles. The Kier molecular flexibility index (Phi) is 9.66. The first-order valence-corrected chi connectivity index (χ1v) is 12.9. The van der Waals surface area contributed by atoms with Gasteiger partial charge in [0.05, 0.1) is 23.8 Å². The Morgan fingerprint density at radius 1 is 1.03 bits per heavy atom. The topological polar surface area (TPSA) is 86.8 Å². The van der Waals surface area contributed by atoms with Gasteiger partial charge in [-0.1, -0.05) is 31.4 Å². The number of esters is 1. The van der Waals surface area contributed by atoms with Crippen molar-refractivity contribution in [3.05, 3.63) is 59.4 Å². The van der Waals surface area contributed by atoms with Crippen molar-refractivity contribution in [2.45, 2.75) is 77.1 Å². The van der Waals surface area contributed by atoms with E-state index in [1.807, 2.05) is 30.3 Å². The summed E-state index contributed by atoms with van der Waals surface area (Å²) in [5.74, 6) is 0.385. The Labute approximate surface area is 207 Å². The van der Waals surface area contributed by atoms with Crippen molar-refractivity contribution in [1.82, 2.24) is 10.3 Å². The third-order valence-corrected chi connectivity index (χ3v) is 6.63.